The lowest BCUT2D eigenvalue weighted by Gasteiger charge is -2.11. The lowest BCUT2D eigenvalue weighted by molar-refractivity contribution is -0.393. The molecule has 0 heterocycles. The van der Waals surface area contributed by atoms with E-state index < -0.39 is 21.2 Å². The summed E-state index contributed by atoms with van der Waals surface area (Å²) in [6, 6.07) is 12.6. The van der Waals surface area contributed by atoms with E-state index in [-0.39, 0.29) is 34.2 Å². The van der Waals surface area contributed by atoms with Gasteiger partial charge in [-0.3, -0.25) is 25.7 Å². The van der Waals surface area contributed by atoms with Gasteiger partial charge < -0.3 is 15.3 Å². The van der Waals surface area contributed by atoms with E-state index in [1.807, 2.05) is 0 Å². The number of phenols is 3. The second-order valence-corrected chi connectivity index (χ2v) is 6.04. The Morgan fingerprint density at radius 1 is 0.833 bits per heavy atom. The number of hydrazone groups is 1. The van der Waals surface area contributed by atoms with E-state index in [4.69, 9.17) is 0 Å². The Kier molecular flexibility index (Phi) is 5.45. The van der Waals surface area contributed by atoms with Crippen molar-refractivity contribution in [3.8, 4) is 17.2 Å². The van der Waals surface area contributed by atoms with Gasteiger partial charge in [-0.2, -0.15) is 5.10 Å². The molecule has 0 radical (unpaired) electrons. The fourth-order valence-electron chi connectivity index (χ4n) is 2.62. The summed E-state index contributed by atoms with van der Waals surface area (Å²) in [5.41, 5.74) is 2.14. The first-order valence-electron chi connectivity index (χ1n) is 8.34. The Balaban J connectivity index is 2.10. The molecule has 3 aromatic carbocycles. The maximum absolute atomic E-state index is 11.3. The molecule has 0 amide bonds. The summed E-state index contributed by atoms with van der Waals surface area (Å²) in [6.07, 6.45) is 0. The lowest BCUT2D eigenvalue weighted by Crippen LogP contribution is -2.08. The predicted molar refractivity (Wildman–Crippen MR) is 107 cm³/mol. The highest BCUT2D eigenvalue weighted by atomic mass is 16.6. The van der Waals surface area contributed by atoms with Crippen molar-refractivity contribution in [1.82, 2.24) is 0 Å². The number of rotatable bonds is 6. The molecule has 4 N–H and O–H groups in total. The zero-order valence-corrected chi connectivity index (χ0v) is 15.1. The summed E-state index contributed by atoms with van der Waals surface area (Å²) in [4.78, 5) is 20.6. The molecule has 0 saturated carbocycles. The van der Waals surface area contributed by atoms with E-state index in [0.29, 0.717) is 5.56 Å². The van der Waals surface area contributed by atoms with Crippen LogP contribution in [-0.2, 0) is 0 Å². The second kappa shape index (κ2) is 8.14. The van der Waals surface area contributed by atoms with Crippen molar-refractivity contribution in [2.45, 2.75) is 0 Å². The van der Waals surface area contributed by atoms with Crippen molar-refractivity contribution in [3.63, 3.8) is 0 Å². The van der Waals surface area contributed by atoms with Crippen molar-refractivity contribution in [2.24, 2.45) is 5.10 Å². The van der Waals surface area contributed by atoms with Gasteiger partial charge in [-0.05, 0) is 42.5 Å². The second-order valence-electron chi connectivity index (χ2n) is 6.04. The van der Waals surface area contributed by atoms with Crippen LogP contribution in [0.5, 0.6) is 17.2 Å². The van der Waals surface area contributed by atoms with E-state index in [1.165, 1.54) is 36.4 Å². The molecule has 11 nitrogen and oxygen atoms in total. The van der Waals surface area contributed by atoms with Crippen LogP contribution >= 0.6 is 0 Å². The third kappa shape index (κ3) is 4.25. The van der Waals surface area contributed by atoms with Gasteiger partial charge in [-0.25, -0.2) is 0 Å². The van der Waals surface area contributed by atoms with Crippen molar-refractivity contribution >= 4 is 22.8 Å². The number of benzene rings is 3. The molecule has 3 rings (SSSR count). The monoisotopic (exact) mass is 410 g/mol. The molecule has 11 heteroatoms. The quantitative estimate of drug-likeness (QED) is 0.272. The molecular formula is C19H14N4O7. The normalized spacial score (nSPS) is 11.1. The first-order valence-corrected chi connectivity index (χ1v) is 8.34. The average Bonchev–Trinajstić information content (AvgIpc) is 2.70. The summed E-state index contributed by atoms with van der Waals surface area (Å²) in [7, 11) is 0. The largest absolute Gasteiger partial charge is 0.508 e. The third-order valence-electron chi connectivity index (χ3n) is 4.05. The molecule has 0 aliphatic rings. The number of hydrogen-bond acceptors (Lipinski definition) is 9. The SMILES string of the molecule is O=[N+]([O-])c1ccc(N/N=C(\c2ccc(O)cc2)c2ccc(O)cc2O)c([N+](=O)[O-])c1. The number of non-ortho nitro benzene ring substituents is 1. The van der Waals surface area contributed by atoms with Gasteiger partial charge in [0.25, 0.3) is 5.69 Å². The van der Waals surface area contributed by atoms with Crippen LogP contribution in [0, 0.1) is 20.2 Å². The van der Waals surface area contributed by atoms with Crippen LogP contribution in [0.15, 0.2) is 65.8 Å². The maximum atomic E-state index is 11.3. The molecule has 152 valence electrons. The van der Waals surface area contributed by atoms with E-state index >= 15 is 0 Å². The van der Waals surface area contributed by atoms with Crippen molar-refractivity contribution < 1.29 is 25.2 Å². The van der Waals surface area contributed by atoms with Crippen molar-refractivity contribution in [3.05, 3.63) is 92.0 Å². The molecule has 30 heavy (non-hydrogen) atoms. The Morgan fingerprint density at radius 2 is 1.50 bits per heavy atom. The van der Waals surface area contributed by atoms with Gasteiger partial charge in [-0.15, -0.1) is 0 Å². The van der Waals surface area contributed by atoms with Gasteiger partial charge >= 0.3 is 5.69 Å². The van der Waals surface area contributed by atoms with E-state index in [0.717, 1.165) is 24.3 Å². The molecule has 0 aliphatic carbocycles. The third-order valence-corrected chi connectivity index (χ3v) is 4.05. The van der Waals surface area contributed by atoms with Gasteiger partial charge in [0, 0.05) is 23.3 Å². The zero-order valence-electron chi connectivity index (χ0n) is 15.1. The number of nitro benzene ring substituents is 2. The van der Waals surface area contributed by atoms with E-state index in [2.05, 4.69) is 10.5 Å². The molecule has 3 aromatic rings. The van der Waals surface area contributed by atoms with E-state index in [9.17, 15) is 35.5 Å². The minimum absolute atomic E-state index is 0.00741. The van der Waals surface area contributed by atoms with Gasteiger partial charge in [-0.1, -0.05) is 0 Å². The van der Waals surface area contributed by atoms with Gasteiger partial charge in [0.15, 0.2) is 0 Å². The number of nitrogens with zero attached hydrogens (tertiary/aromatic N) is 3. The topological polar surface area (TPSA) is 171 Å². The van der Waals surface area contributed by atoms with Crippen LogP contribution in [0.25, 0.3) is 0 Å². The van der Waals surface area contributed by atoms with Crippen LogP contribution in [0.4, 0.5) is 17.1 Å². The Morgan fingerprint density at radius 3 is 2.10 bits per heavy atom. The van der Waals surface area contributed by atoms with Crippen molar-refractivity contribution in [1.29, 1.82) is 0 Å². The number of aromatic hydroxyl groups is 3. The summed E-state index contributed by atoms with van der Waals surface area (Å²) < 4.78 is 0. The number of hydrogen-bond donors (Lipinski definition) is 4. The summed E-state index contributed by atoms with van der Waals surface area (Å²) in [5.74, 6) is -0.492. The number of anilines is 1. The highest BCUT2D eigenvalue weighted by Gasteiger charge is 2.20. The van der Waals surface area contributed by atoms with Crippen LogP contribution < -0.4 is 5.43 Å². The van der Waals surface area contributed by atoms with Crippen LogP contribution in [0.2, 0.25) is 0 Å². The molecule has 0 saturated heterocycles. The fraction of sp³-hybridized carbons (Fsp3) is 0. The first-order chi connectivity index (χ1) is 14.3. The molecule has 0 spiro atoms. The molecule has 0 aliphatic heterocycles. The highest BCUT2D eigenvalue weighted by molar-refractivity contribution is 6.14. The van der Waals surface area contributed by atoms with Crippen LogP contribution in [0.1, 0.15) is 11.1 Å². The molecule has 0 aromatic heterocycles. The highest BCUT2D eigenvalue weighted by Crippen LogP contribution is 2.30. The lowest BCUT2D eigenvalue weighted by atomic mass is 10.0. The zero-order chi connectivity index (χ0) is 21.8. The predicted octanol–water partition coefficient (Wildman–Crippen LogP) is 3.48. The van der Waals surface area contributed by atoms with Crippen LogP contribution in [0.3, 0.4) is 0 Å². The van der Waals surface area contributed by atoms with E-state index in [1.54, 1.807) is 0 Å². The Bertz CT molecular complexity index is 1160. The molecule has 0 fully saturated rings. The standard InChI is InChI=1S/C19H14N4O7/c24-13-4-1-11(2-5-13)19(15-7-6-14(25)10-18(15)26)21-20-16-8-3-12(22(27)28)9-17(16)23(29)30/h1-10,20,24-26H/b21-19+. The van der Waals surface area contributed by atoms with Crippen molar-refractivity contribution in [2.75, 3.05) is 5.43 Å². The fourth-order valence-corrected chi connectivity index (χ4v) is 2.62. The number of nitro groups is 2. The molecule has 0 atom stereocenters. The van der Waals surface area contributed by atoms with Gasteiger partial charge in [0.2, 0.25) is 0 Å². The summed E-state index contributed by atoms with van der Waals surface area (Å²) in [5, 5.41) is 55.6. The molecule has 0 bridgehead atoms. The smallest absolute Gasteiger partial charge is 0.301 e. The summed E-state index contributed by atoms with van der Waals surface area (Å²) >= 11 is 0. The maximum Gasteiger partial charge on any atom is 0.301 e. The van der Waals surface area contributed by atoms with Gasteiger partial charge in [0.05, 0.1) is 15.9 Å². The van der Waals surface area contributed by atoms with Gasteiger partial charge in [0.1, 0.15) is 28.6 Å². The minimum atomic E-state index is -0.789. The number of nitrogens with one attached hydrogen (secondary N) is 1. The summed E-state index contributed by atoms with van der Waals surface area (Å²) in [6.45, 7) is 0. The molecule has 0 unspecified atom stereocenters. The molecular weight excluding hydrogens is 396 g/mol. The Labute approximate surface area is 168 Å². The average molecular weight is 410 g/mol. The minimum Gasteiger partial charge on any atom is -0.508 e. The first kappa shape index (κ1) is 20.1. The van der Waals surface area contributed by atoms with Crippen LogP contribution in [-0.4, -0.2) is 30.9 Å². The number of phenolic OH excluding ortho intramolecular Hbond substituents is 3. The Hall–Kier alpha value is -4.67.